The summed E-state index contributed by atoms with van der Waals surface area (Å²) in [6.45, 7) is 8.78. The van der Waals surface area contributed by atoms with Crippen LogP contribution in [0.5, 0.6) is 0 Å². The van der Waals surface area contributed by atoms with Crippen molar-refractivity contribution in [3.63, 3.8) is 0 Å². The Bertz CT molecular complexity index is 1040. The number of halogens is 1. The summed E-state index contributed by atoms with van der Waals surface area (Å²) in [5.41, 5.74) is 12.8. The smallest absolute Gasteiger partial charge is 0.243 e. The van der Waals surface area contributed by atoms with E-state index in [0.29, 0.717) is 23.8 Å². The van der Waals surface area contributed by atoms with Crippen LogP contribution in [0, 0.1) is 5.92 Å². The van der Waals surface area contributed by atoms with Crippen molar-refractivity contribution in [2.24, 2.45) is 17.4 Å². The maximum atomic E-state index is 13.1. The number of hydrogen-bond acceptors (Lipinski definition) is 6. The highest BCUT2D eigenvalue weighted by molar-refractivity contribution is 7.89. The molecule has 1 aromatic rings. The van der Waals surface area contributed by atoms with Crippen molar-refractivity contribution >= 4 is 27.5 Å². The molecule has 1 amide bonds. The Morgan fingerprint density at radius 1 is 1.12 bits per heavy atom. The second-order valence-electron chi connectivity index (χ2n) is 8.75. The maximum Gasteiger partial charge on any atom is 0.243 e. The summed E-state index contributed by atoms with van der Waals surface area (Å²) in [6, 6.07) is 6.27. The van der Waals surface area contributed by atoms with Gasteiger partial charge in [0, 0.05) is 48.9 Å². The lowest BCUT2D eigenvalue weighted by Gasteiger charge is -2.39. The standard InChI is InChI=1S/C24H34ClN5O3S/c1-18(27)17-21(7-10-26)19(2)28-11-8-20(9-12-28)24(31)29-13-15-30(16-14-29)34(32,33)23-5-3-22(25)4-6-23/h3-7,10,17,19-20H,1,8-9,11-16,26-27H2,2H3/b10-7-,21-17+. The minimum Gasteiger partial charge on any atom is -0.405 e. The molecule has 0 bridgehead atoms. The van der Waals surface area contributed by atoms with Crippen LogP contribution in [0.2, 0.25) is 5.02 Å². The van der Waals surface area contributed by atoms with E-state index in [2.05, 4.69) is 18.4 Å². The Hall–Kier alpha value is -2.33. The highest BCUT2D eigenvalue weighted by Gasteiger charge is 2.34. The minimum atomic E-state index is -3.60. The van der Waals surface area contributed by atoms with Gasteiger partial charge < -0.3 is 16.4 Å². The molecule has 0 radical (unpaired) electrons. The number of hydrogen-bond donors (Lipinski definition) is 2. The average Bonchev–Trinajstić information content (AvgIpc) is 2.83. The summed E-state index contributed by atoms with van der Waals surface area (Å²) in [4.78, 5) is 17.5. The number of rotatable bonds is 7. The molecule has 2 fully saturated rings. The Morgan fingerprint density at radius 2 is 1.71 bits per heavy atom. The molecule has 4 N–H and O–H groups in total. The van der Waals surface area contributed by atoms with Crippen LogP contribution in [0.4, 0.5) is 0 Å². The highest BCUT2D eigenvalue weighted by atomic mass is 35.5. The number of allylic oxidation sites excluding steroid dienone is 1. The van der Waals surface area contributed by atoms with Crippen LogP contribution in [0.25, 0.3) is 0 Å². The van der Waals surface area contributed by atoms with Crippen molar-refractivity contribution in [1.82, 2.24) is 14.1 Å². The predicted molar refractivity (Wildman–Crippen MR) is 135 cm³/mol. The fraction of sp³-hybridized carbons (Fsp3) is 0.458. The van der Waals surface area contributed by atoms with Crippen molar-refractivity contribution in [3.8, 4) is 0 Å². The Balaban J connectivity index is 1.53. The van der Waals surface area contributed by atoms with E-state index in [1.54, 1.807) is 17.0 Å². The Morgan fingerprint density at radius 3 is 2.24 bits per heavy atom. The molecule has 1 unspecified atom stereocenters. The van der Waals surface area contributed by atoms with Gasteiger partial charge in [-0.25, -0.2) is 8.42 Å². The van der Waals surface area contributed by atoms with Crippen LogP contribution in [0.3, 0.4) is 0 Å². The van der Waals surface area contributed by atoms with E-state index in [9.17, 15) is 13.2 Å². The number of amides is 1. The third kappa shape index (κ3) is 6.21. The molecule has 34 heavy (non-hydrogen) atoms. The lowest BCUT2D eigenvalue weighted by atomic mass is 9.93. The van der Waals surface area contributed by atoms with Crippen molar-refractivity contribution in [1.29, 1.82) is 0 Å². The molecule has 2 heterocycles. The van der Waals surface area contributed by atoms with E-state index in [1.165, 1.54) is 22.6 Å². The van der Waals surface area contributed by atoms with E-state index in [-0.39, 0.29) is 35.9 Å². The van der Waals surface area contributed by atoms with Crippen LogP contribution in [0.15, 0.2) is 65.4 Å². The van der Waals surface area contributed by atoms with Crippen LogP contribution < -0.4 is 11.5 Å². The van der Waals surface area contributed by atoms with E-state index in [1.807, 2.05) is 12.2 Å². The molecule has 0 aromatic heterocycles. The zero-order valence-corrected chi connectivity index (χ0v) is 21.1. The molecule has 2 aliphatic rings. The minimum absolute atomic E-state index is 0.0511. The molecule has 2 aliphatic heterocycles. The summed E-state index contributed by atoms with van der Waals surface area (Å²) in [6.07, 6.45) is 6.67. The predicted octanol–water partition coefficient (Wildman–Crippen LogP) is 2.14. The lowest BCUT2D eigenvalue weighted by molar-refractivity contribution is -0.138. The van der Waals surface area contributed by atoms with Crippen LogP contribution >= 0.6 is 11.6 Å². The molecule has 0 spiro atoms. The summed E-state index contributed by atoms with van der Waals surface area (Å²) >= 11 is 5.88. The van der Waals surface area contributed by atoms with Crippen molar-refractivity contribution in [2.75, 3.05) is 39.3 Å². The van der Waals surface area contributed by atoms with E-state index in [4.69, 9.17) is 23.1 Å². The second-order valence-corrected chi connectivity index (χ2v) is 11.1. The van der Waals surface area contributed by atoms with Gasteiger partial charge in [0.25, 0.3) is 0 Å². The van der Waals surface area contributed by atoms with Crippen LogP contribution in [0.1, 0.15) is 19.8 Å². The average molecular weight is 508 g/mol. The molecule has 8 nitrogen and oxygen atoms in total. The third-order valence-corrected chi connectivity index (χ3v) is 8.72. The monoisotopic (exact) mass is 507 g/mol. The fourth-order valence-electron chi connectivity index (χ4n) is 4.54. The number of carbonyl (C=O) groups excluding carboxylic acids is 1. The van der Waals surface area contributed by atoms with Crippen LogP contribution in [-0.2, 0) is 14.8 Å². The van der Waals surface area contributed by atoms with Gasteiger partial charge in [-0.1, -0.05) is 18.2 Å². The summed E-state index contributed by atoms with van der Waals surface area (Å²) < 4.78 is 27.2. The molecular formula is C24H34ClN5O3S. The fourth-order valence-corrected chi connectivity index (χ4v) is 6.09. The first kappa shape index (κ1) is 26.3. The molecule has 0 aliphatic carbocycles. The number of likely N-dealkylation sites (tertiary alicyclic amines) is 1. The van der Waals surface area contributed by atoms with Gasteiger partial charge in [-0.15, -0.1) is 0 Å². The topological polar surface area (TPSA) is 113 Å². The first-order valence-corrected chi connectivity index (χ1v) is 13.3. The molecular weight excluding hydrogens is 474 g/mol. The molecule has 10 heteroatoms. The van der Waals surface area contributed by atoms with Gasteiger partial charge in [0.1, 0.15) is 0 Å². The number of nitrogens with zero attached hydrogens (tertiary/aromatic N) is 3. The maximum absolute atomic E-state index is 13.1. The Labute approximate surface area is 207 Å². The quantitative estimate of drug-likeness (QED) is 0.547. The van der Waals surface area contributed by atoms with Crippen molar-refractivity contribution in [3.05, 3.63) is 65.5 Å². The SMILES string of the molecule is C=C(N)/C=C(\C=C/N)C(C)N1CCC(C(=O)N2CCN(S(=O)(=O)c3ccc(Cl)cc3)CC2)CC1. The number of sulfonamides is 1. The van der Waals surface area contributed by atoms with Gasteiger partial charge in [0.05, 0.1) is 4.90 Å². The normalized spacial score (nSPS) is 20.5. The van der Waals surface area contributed by atoms with E-state index in [0.717, 1.165) is 31.5 Å². The van der Waals surface area contributed by atoms with Gasteiger partial charge >= 0.3 is 0 Å². The molecule has 0 saturated carbocycles. The van der Waals surface area contributed by atoms with Gasteiger partial charge in [-0.2, -0.15) is 4.31 Å². The van der Waals surface area contributed by atoms with Gasteiger partial charge in [0.15, 0.2) is 0 Å². The number of piperazine rings is 1. The number of nitrogens with two attached hydrogens (primary N) is 2. The number of carbonyl (C=O) groups is 1. The molecule has 1 atom stereocenters. The summed E-state index contributed by atoms with van der Waals surface area (Å²) in [7, 11) is -3.60. The largest absolute Gasteiger partial charge is 0.405 e. The number of piperidine rings is 1. The summed E-state index contributed by atoms with van der Waals surface area (Å²) in [5, 5.41) is 0.489. The van der Waals surface area contributed by atoms with E-state index >= 15 is 0 Å². The second kappa shape index (κ2) is 11.4. The molecule has 1 aromatic carbocycles. The summed E-state index contributed by atoms with van der Waals surface area (Å²) in [5.74, 6) is 0.0635. The van der Waals surface area contributed by atoms with Crippen LogP contribution in [-0.4, -0.2) is 73.7 Å². The highest BCUT2D eigenvalue weighted by Crippen LogP contribution is 2.26. The van der Waals surface area contributed by atoms with Gasteiger partial charge in [-0.3, -0.25) is 9.69 Å². The first-order valence-electron chi connectivity index (χ1n) is 11.5. The van der Waals surface area contributed by atoms with E-state index < -0.39 is 10.0 Å². The molecule has 186 valence electrons. The zero-order chi connectivity index (χ0) is 24.9. The number of benzene rings is 1. The lowest BCUT2D eigenvalue weighted by Crippen LogP contribution is -2.53. The van der Waals surface area contributed by atoms with Gasteiger partial charge in [-0.05, 0) is 81.0 Å². The molecule has 2 saturated heterocycles. The van der Waals surface area contributed by atoms with Gasteiger partial charge in [0.2, 0.25) is 15.9 Å². The van der Waals surface area contributed by atoms with Crippen molar-refractivity contribution < 1.29 is 13.2 Å². The Kier molecular flexibility index (Phi) is 8.81. The third-order valence-electron chi connectivity index (χ3n) is 6.55. The zero-order valence-electron chi connectivity index (χ0n) is 19.6. The van der Waals surface area contributed by atoms with Crippen molar-refractivity contribution in [2.45, 2.75) is 30.7 Å². The first-order chi connectivity index (χ1) is 16.1. The molecule has 3 rings (SSSR count).